The molecule has 0 fully saturated rings. The lowest BCUT2D eigenvalue weighted by molar-refractivity contribution is 0.414. The fourth-order valence-corrected chi connectivity index (χ4v) is 3.88. The van der Waals surface area contributed by atoms with Crippen LogP contribution in [0.25, 0.3) is 10.9 Å². The first-order valence-electron chi connectivity index (χ1n) is 7.13. The molecular weight excluding hydrogens is 312 g/mol. The summed E-state index contributed by atoms with van der Waals surface area (Å²) in [5.74, 6) is 0.632. The van der Waals surface area contributed by atoms with Crippen molar-refractivity contribution in [3.05, 3.63) is 54.2 Å². The summed E-state index contributed by atoms with van der Waals surface area (Å²) >= 11 is 0. The molecule has 23 heavy (non-hydrogen) atoms. The van der Waals surface area contributed by atoms with Crippen molar-refractivity contribution in [2.24, 2.45) is 7.05 Å². The highest BCUT2D eigenvalue weighted by Crippen LogP contribution is 2.25. The molecule has 3 rings (SSSR count). The van der Waals surface area contributed by atoms with E-state index in [-0.39, 0.29) is 4.90 Å². The van der Waals surface area contributed by atoms with Gasteiger partial charge in [0, 0.05) is 29.8 Å². The largest absolute Gasteiger partial charge is 0.497 e. The van der Waals surface area contributed by atoms with E-state index in [0.717, 1.165) is 10.9 Å². The second-order valence-corrected chi connectivity index (χ2v) is 7.09. The molecule has 0 bridgehead atoms. The predicted molar refractivity (Wildman–Crippen MR) is 91.5 cm³/mol. The zero-order chi connectivity index (χ0) is 16.6. The maximum absolute atomic E-state index is 12.6. The van der Waals surface area contributed by atoms with Crippen molar-refractivity contribution in [2.75, 3.05) is 11.8 Å². The molecule has 0 radical (unpaired) electrons. The van der Waals surface area contributed by atoms with E-state index in [1.165, 1.54) is 0 Å². The summed E-state index contributed by atoms with van der Waals surface area (Å²) in [4.78, 5) is 0.242. The van der Waals surface area contributed by atoms with Gasteiger partial charge in [0.1, 0.15) is 5.75 Å². The van der Waals surface area contributed by atoms with E-state index in [1.54, 1.807) is 38.3 Å². The smallest absolute Gasteiger partial charge is 0.262 e. The molecule has 0 spiro atoms. The number of anilines is 1. The quantitative estimate of drug-likeness (QED) is 0.798. The number of nitrogens with one attached hydrogen (secondary N) is 1. The molecule has 0 aliphatic heterocycles. The third-order valence-corrected chi connectivity index (χ3v) is 5.35. The second kappa shape index (κ2) is 5.62. The number of sulfonamides is 1. The highest BCUT2D eigenvalue weighted by atomic mass is 32.2. The molecule has 0 aliphatic rings. The molecule has 1 aromatic heterocycles. The first kappa shape index (κ1) is 15.4. The molecule has 1 N–H and O–H groups in total. The van der Waals surface area contributed by atoms with Gasteiger partial charge in [0.15, 0.2) is 0 Å². The summed E-state index contributed by atoms with van der Waals surface area (Å²) in [6.07, 6.45) is 1.94. The van der Waals surface area contributed by atoms with E-state index in [1.807, 2.05) is 36.0 Å². The summed E-state index contributed by atoms with van der Waals surface area (Å²) in [6.45, 7) is 1.75. The molecule has 0 unspecified atom stereocenters. The number of fused-ring (bicyclic) bond motifs is 1. The number of rotatable bonds is 4. The van der Waals surface area contributed by atoms with Gasteiger partial charge >= 0.3 is 0 Å². The fourth-order valence-electron chi connectivity index (χ4n) is 2.61. The predicted octanol–water partition coefficient (Wildman–Crippen LogP) is 3.30. The Labute approximate surface area is 135 Å². The van der Waals surface area contributed by atoms with Crippen LogP contribution < -0.4 is 9.46 Å². The van der Waals surface area contributed by atoms with Crippen molar-refractivity contribution in [2.45, 2.75) is 11.8 Å². The monoisotopic (exact) mass is 330 g/mol. The van der Waals surface area contributed by atoms with Crippen LogP contribution in [0.5, 0.6) is 5.75 Å². The Kier molecular flexibility index (Phi) is 3.77. The number of aromatic nitrogens is 1. The third kappa shape index (κ3) is 2.90. The Morgan fingerprint density at radius 2 is 1.87 bits per heavy atom. The summed E-state index contributed by atoms with van der Waals surface area (Å²) in [5.41, 5.74) is 2.23. The molecule has 0 saturated heterocycles. The van der Waals surface area contributed by atoms with Crippen molar-refractivity contribution in [3.63, 3.8) is 0 Å². The minimum absolute atomic E-state index is 0.242. The average Bonchev–Trinajstić information content (AvgIpc) is 2.87. The zero-order valence-electron chi connectivity index (χ0n) is 13.2. The highest BCUT2D eigenvalue weighted by Gasteiger charge is 2.17. The summed E-state index contributed by atoms with van der Waals surface area (Å²) in [6, 6.07) is 12.3. The van der Waals surface area contributed by atoms with Crippen LogP contribution in [0.2, 0.25) is 0 Å². The van der Waals surface area contributed by atoms with Gasteiger partial charge < -0.3 is 9.30 Å². The van der Waals surface area contributed by atoms with Crippen LogP contribution in [0.15, 0.2) is 53.6 Å². The highest BCUT2D eigenvalue weighted by molar-refractivity contribution is 7.92. The first-order chi connectivity index (χ1) is 10.9. The number of methoxy groups -OCH3 is 1. The SMILES string of the molecule is COc1ccc(S(=O)(=O)Nc2ccc3c(ccn3C)c2)c(C)c1. The summed E-state index contributed by atoms with van der Waals surface area (Å²) in [5, 5.41) is 0.985. The molecule has 2 aromatic carbocycles. The van der Waals surface area contributed by atoms with Gasteiger partial charge in [-0.15, -0.1) is 0 Å². The zero-order valence-corrected chi connectivity index (χ0v) is 14.0. The van der Waals surface area contributed by atoms with Crippen LogP contribution in [-0.2, 0) is 17.1 Å². The Morgan fingerprint density at radius 3 is 2.57 bits per heavy atom. The normalized spacial score (nSPS) is 11.6. The van der Waals surface area contributed by atoms with Crippen LogP contribution in [-0.4, -0.2) is 20.1 Å². The molecule has 1 heterocycles. The van der Waals surface area contributed by atoms with Gasteiger partial charge in [-0.05, 0) is 55.0 Å². The fraction of sp³-hybridized carbons (Fsp3) is 0.176. The average molecular weight is 330 g/mol. The lowest BCUT2D eigenvalue weighted by Crippen LogP contribution is -2.14. The number of benzene rings is 2. The number of aryl methyl sites for hydroxylation is 2. The van der Waals surface area contributed by atoms with Crippen molar-refractivity contribution >= 4 is 26.6 Å². The van der Waals surface area contributed by atoms with Crippen molar-refractivity contribution in [3.8, 4) is 5.75 Å². The molecule has 0 amide bonds. The van der Waals surface area contributed by atoms with Crippen LogP contribution in [0.4, 0.5) is 5.69 Å². The maximum Gasteiger partial charge on any atom is 0.262 e. The van der Waals surface area contributed by atoms with Crippen LogP contribution >= 0.6 is 0 Å². The molecule has 0 atom stereocenters. The van der Waals surface area contributed by atoms with Gasteiger partial charge in [-0.25, -0.2) is 8.42 Å². The van der Waals surface area contributed by atoms with Crippen molar-refractivity contribution in [1.82, 2.24) is 4.57 Å². The Morgan fingerprint density at radius 1 is 1.09 bits per heavy atom. The van der Waals surface area contributed by atoms with Crippen LogP contribution in [0.1, 0.15) is 5.56 Å². The van der Waals surface area contributed by atoms with Gasteiger partial charge in [0.2, 0.25) is 0 Å². The van der Waals surface area contributed by atoms with Gasteiger partial charge in [0.25, 0.3) is 10.0 Å². The van der Waals surface area contributed by atoms with E-state index >= 15 is 0 Å². The van der Waals surface area contributed by atoms with Gasteiger partial charge in [0.05, 0.1) is 12.0 Å². The number of hydrogen-bond acceptors (Lipinski definition) is 3. The number of ether oxygens (including phenoxy) is 1. The first-order valence-corrected chi connectivity index (χ1v) is 8.61. The molecule has 0 saturated carbocycles. The molecular formula is C17H18N2O3S. The topological polar surface area (TPSA) is 60.3 Å². The molecule has 0 aliphatic carbocycles. The second-order valence-electron chi connectivity index (χ2n) is 5.44. The minimum atomic E-state index is -3.64. The van der Waals surface area contributed by atoms with Crippen molar-refractivity contribution < 1.29 is 13.2 Å². The molecule has 5 nitrogen and oxygen atoms in total. The summed E-state index contributed by atoms with van der Waals surface area (Å²) in [7, 11) is -0.140. The van der Waals surface area contributed by atoms with Crippen molar-refractivity contribution in [1.29, 1.82) is 0 Å². The summed E-state index contributed by atoms with van der Waals surface area (Å²) < 4.78 is 35.0. The third-order valence-electron chi connectivity index (χ3n) is 3.81. The number of nitrogens with zero attached hydrogens (tertiary/aromatic N) is 1. The Balaban J connectivity index is 1.96. The Bertz CT molecular complexity index is 975. The van der Waals surface area contributed by atoms with Gasteiger partial charge in [-0.2, -0.15) is 0 Å². The lowest BCUT2D eigenvalue weighted by Gasteiger charge is -2.11. The van der Waals surface area contributed by atoms with Crippen LogP contribution in [0, 0.1) is 6.92 Å². The van der Waals surface area contributed by atoms with Gasteiger partial charge in [-0.1, -0.05) is 0 Å². The molecule has 3 aromatic rings. The molecule has 120 valence electrons. The standard InChI is InChI=1S/C17H18N2O3S/c1-12-10-15(22-3)5-7-17(12)23(20,21)18-14-4-6-16-13(11-14)8-9-19(16)2/h4-11,18H,1-3H3. The van der Waals surface area contributed by atoms with E-state index < -0.39 is 10.0 Å². The maximum atomic E-state index is 12.6. The van der Waals surface area contributed by atoms with E-state index in [0.29, 0.717) is 17.0 Å². The minimum Gasteiger partial charge on any atom is -0.497 e. The van der Waals surface area contributed by atoms with E-state index in [4.69, 9.17) is 4.74 Å². The van der Waals surface area contributed by atoms with E-state index in [9.17, 15) is 8.42 Å². The number of hydrogen-bond donors (Lipinski definition) is 1. The lowest BCUT2D eigenvalue weighted by atomic mass is 10.2. The molecule has 6 heteroatoms. The van der Waals surface area contributed by atoms with Gasteiger partial charge in [-0.3, -0.25) is 4.72 Å². The Hall–Kier alpha value is -2.47. The van der Waals surface area contributed by atoms with E-state index in [2.05, 4.69) is 4.72 Å². The van der Waals surface area contributed by atoms with Crippen LogP contribution in [0.3, 0.4) is 0 Å².